The van der Waals surface area contributed by atoms with E-state index in [-0.39, 0.29) is 44.2 Å². The molecule has 0 aliphatic heterocycles. The second-order valence-corrected chi connectivity index (χ2v) is 2.55. The summed E-state index contributed by atoms with van der Waals surface area (Å²) in [5.41, 5.74) is 0. The minimum atomic E-state index is -0.107. The maximum atomic E-state index is 8.82. The summed E-state index contributed by atoms with van der Waals surface area (Å²) in [5, 5.41) is 17.6. The minimum Gasteiger partial charge on any atom is -0.504 e. The van der Waals surface area contributed by atoms with Crippen molar-refractivity contribution in [3.8, 4) is 11.5 Å². The van der Waals surface area contributed by atoms with E-state index in [4.69, 9.17) is 10.2 Å². The Bertz CT molecular complexity index is 227. The molecule has 0 fully saturated rings. The van der Waals surface area contributed by atoms with Gasteiger partial charge in [0.05, 0.1) is 0 Å². The van der Waals surface area contributed by atoms with Gasteiger partial charge in [0.25, 0.3) is 0 Å². The van der Waals surface area contributed by atoms with Crippen LogP contribution in [-0.4, -0.2) is 10.2 Å². The quantitative estimate of drug-likeness (QED) is 0.711. The van der Waals surface area contributed by atoms with Crippen molar-refractivity contribution in [2.45, 2.75) is 0 Å². The van der Waals surface area contributed by atoms with Gasteiger partial charge in [-0.2, -0.15) is 0 Å². The number of hydrogen-bond donors (Lipinski definition) is 2. The molecule has 10 heavy (non-hydrogen) atoms. The summed E-state index contributed by atoms with van der Waals surface area (Å²) in [5.74, 6) is -0.206. The topological polar surface area (TPSA) is 40.5 Å². The summed E-state index contributed by atoms with van der Waals surface area (Å²) in [6, 6.07) is 4.49. The van der Waals surface area contributed by atoms with Gasteiger partial charge >= 0.3 is 0 Å². The molecule has 1 aromatic carbocycles. The van der Waals surface area contributed by atoms with Crippen molar-refractivity contribution < 1.29 is 42.9 Å². The number of phenolic OH excluding ortho intramolecular Hbond substituents is 2. The average Bonchev–Trinajstić information content (AvgIpc) is 1.80. The molecule has 4 heteroatoms. The van der Waals surface area contributed by atoms with E-state index in [1.807, 2.05) is 0 Å². The van der Waals surface area contributed by atoms with Crippen molar-refractivity contribution in [1.29, 1.82) is 0 Å². The molecule has 51 valence electrons. The average molecular weight is 278 g/mol. The number of hydrogen-bond acceptors (Lipinski definition) is 2. The van der Waals surface area contributed by atoms with Crippen molar-refractivity contribution in [2.75, 3.05) is 0 Å². The molecule has 0 saturated carbocycles. The van der Waals surface area contributed by atoms with Crippen LogP contribution in [0.25, 0.3) is 0 Å². The van der Waals surface area contributed by atoms with Crippen molar-refractivity contribution in [3.63, 3.8) is 0 Å². The van der Waals surface area contributed by atoms with Crippen LogP contribution in [0.5, 0.6) is 11.5 Å². The van der Waals surface area contributed by atoms with Crippen LogP contribution < -0.4 is 0 Å². The van der Waals surface area contributed by atoms with Crippen LogP contribution in [0.1, 0.15) is 0 Å². The van der Waals surface area contributed by atoms with Crippen LogP contribution >= 0.6 is 15.9 Å². The maximum Gasteiger partial charge on any atom is 0.158 e. The first-order valence-corrected chi connectivity index (χ1v) is 3.17. The van der Waals surface area contributed by atoms with E-state index in [1.165, 1.54) is 12.1 Å². The first-order valence-electron chi connectivity index (χ1n) is 2.37. The molecule has 0 spiro atoms. The summed E-state index contributed by atoms with van der Waals surface area (Å²) in [6.07, 6.45) is 0. The van der Waals surface area contributed by atoms with Gasteiger partial charge < -0.3 is 10.2 Å². The second-order valence-electron chi connectivity index (χ2n) is 1.63. The van der Waals surface area contributed by atoms with Gasteiger partial charge in [-0.05, 0) is 18.2 Å². The molecule has 0 amide bonds. The number of phenols is 2. The molecule has 0 atom stereocenters. The maximum absolute atomic E-state index is 8.82. The largest absolute Gasteiger partial charge is 0.504 e. The third-order valence-corrected chi connectivity index (χ3v) is 1.43. The van der Waals surface area contributed by atoms with E-state index in [0.717, 1.165) is 4.47 Å². The number of rotatable bonds is 0. The zero-order valence-corrected chi connectivity index (χ0v) is 9.51. The van der Waals surface area contributed by atoms with Crippen molar-refractivity contribution >= 4 is 15.9 Å². The van der Waals surface area contributed by atoms with Gasteiger partial charge in [0.15, 0.2) is 11.5 Å². The second kappa shape index (κ2) is 4.32. The summed E-state index contributed by atoms with van der Waals surface area (Å²) < 4.78 is 0.748. The molecule has 2 nitrogen and oxygen atoms in total. The Hall–Kier alpha value is 0.404. The Kier molecular flexibility index (Phi) is 4.49. The van der Waals surface area contributed by atoms with Crippen molar-refractivity contribution in [3.05, 3.63) is 22.7 Å². The van der Waals surface area contributed by atoms with Crippen molar-refractivity contribution in [2.24, 2.45) is 0 Å². The van der Waals surface area contributed by atoms with Crippen LogP contribution in [-0.2, 0) is 32.7 Å². The molecule has 1 radical (unpaired) electrons. The number of aromatic hydroxyl groups is 2. The van der Waals surface area contributed by atoms with Crippen LogP contribution in [0.3, 0.4) is 0 Å². The van der Waals surface area contributed by atoms with E-state index in [2.05, 4.69) is 15.9 Å². The Morgan fingerprint density at radius 3 is 2.10 bits per heavy atom. The van der Waals surface area contributed by atoms with Gasteiger partial charge in [-0.15, -0.1) is 0 Å². The fourth-order valence-electron chi connectivity index (χ4n) is 0.497. The van der Waals surface area contributed by atoms with Crippen LogP contribution in [0.2, 0.25) is 0 Å². The standard InChI is InChI=1S/C6H5BrO2.Y/c7-4-1-2-5(8)6(9)3-4;/h1-3,8-9H;. The fourth-order valence-corrected chi connectivity index (χ4v) is 0.846. The van der Waals surface area contributed by atoms with E-state index < -0.39 is 0 Å². The zero-order valence-electron chi connectivity index (χ0n) is 5.08. The van der Waals surface area contributed by atoms with Gasteiger partial charge in [-0.1, -0.05) is 15.9 Å². The molecule has 1 rings (SSSR count). The Morgan fingerprint density at radius 2 is 1.70 bits per heavy atom. The molecule has 0 heterocycles. The van der Waals surface area contributed by atoms with E-state index in [9.17, 15) is 0 Å². The number of benzene rings is 1. The smallest absolute Gasteiger partial charge is 0.158 e. The Morgan fingerprint density at radius 1 is 1.10 bits per heavy atom. The minimum absolute atomic E-state index is 0. The first-order chi connectivity index (χ1) is 4.20. The predicted octanol–water partition coefficient (Wildman–Crippen LogP) is 1.86. The van der Waals surface area contributed by atoms with Gasteiger partial charge in [0.2, 0.25) is 0 Å². The molecule has 0 bridgehead atoms. The molecule has 1 aromatic rings. The monoisotopic (exact) mass is 277 g/mol. The SMILES string of the molecule is Oc1ccc(Br)cc1O.[Y]. The third-order valence-electron chi connectivity index (χ3n) is 0.937. The summed E-state index contributed by atoms with van der Waals surface area (Å²) in [6.45, 7) is 0. The summed E-state index contributed by atoms with van der Waals surface area (Å²) >= 11 is 3.13. The molecule has 0 aliphatic carbocycles. The Labute approximate surface area is 92.3 Å². The molecule has 0 aliphatic rings. The normalized spacial score (nSPS) is 8.50. The van der Waals surface area contributed by atoms with Gasteiger partial charge in [-0.25, -0.2) is 0 Å². The molecular weight excluding hydrogens is 273 g/mol. The first kappa shape index (κ1) is 10.4. The van der Waals surface area contributed by atoms with E-state index in [0.29, 0.717) is 0 Å². The van der Waals surface area contributed by atoms with E-state index >= 15 is 0 Å². The molecular formula is C6H5BrO2Y. The van der Waals surface area contributed by atoms with Gasteiger partial charge in [0.1, 0.15) is 0 Å². The van der Waals surface area contributed by atoms with Crippen molar-refractivity contribution in [1.82, 2.24) is 0 Å². The molecule has 0 saturated heterocycles. The number of halogens is 1. The predicted molar refractivity (Wildman–Crippen MR) is 37.5 cm³/mol. The molecule has 0 unspecified atom stereocenters. The van der Waals surface area contributed by atoms with Gasteiger partial charge in [0, 0.05) is 37.2 Å². The molecule has 2 N–H and O–H groups in total. The third kappa shape index (κ3) is 2.56. The fraction of sp³-hybridized carbons (Fsp3) is 0. The zero-order chi connectivity index (χ0) is 6.85. The van der Waals surface area contributed by atoms with Crippen LogP contribution in [0, 0.1) is 0 Å². The molecule has 0 aromatic heterocycles. The van der Waals surface area contributed by atoms with Gasteiger partial charge in [-0.3, -0.25) is 0 Å². The Balaban J connectivity index is 0.000000810. The van der Waals surface area contributed by atoms with Crippen LogP contribution in [0.15, 0.2) is 22.7 Å². The summed E-state index contributed by atoms with van der Waals surface area (Å²) in [4.78, 5) is 0. The van der Waals surface area contributed by atoms with Crippen LogP contribution in [0.4, 0.5) is 0 Å². The van der Waals surface area contributed by atoms with E-state index in [1.54, 1.807) is 6.07 Å². The summed E-state index contributed by atoms with van der Waals surface area (Å²) in [7, 11) is 0.